The van der Waals surface area contributed by atoms with Crippen LogP contribution in [-0.4, -0.2) is 56.1 Å². The molecule has 40 heavy (non-hydrogen) atoms. The Labute approximate surface area is 230 Å². The highest BCUT2D eigenvalue weighted by Crippen LogP contribution is 2.24. The second kappa shape index (κ2) is 11.0. The summed E-state index contributed by atoms with van der Waals surface area (Å²) >= 11 is 0. The third kappa shape index (κ3) is 5.38. The van der Waals surface area contributed by atoms with E-state index in [0.29, 0.717) is 22.5 Å². The first-order chi connectivity index (χ1) is 19.5. The van der Waals surface area contributed by atoms with E-state index in [2.05, 4.69) is 30.8 Å². The number of rotatable bonds is 6. The van der Waals surface area contributed by atoms with Gasteiger partial charge in [-0.15, -0.1) is 0 Å². The minimum atomic E-state index is -0.263. The summed E-state index contributed by atoms with van der Waals surface area (Å²) in [7, 11) is 0. The number of aromatic nitrogens is 4. The van der Waals surface area contributed by atoms with Crippen LogP contribution in [0, 0.1) is 0 Å². The number of hydrogen-bond acceptors (Lipinski definition) is 7. The number of aliphatic hydroxyl groups excluding tert-OH is 1. The van der Waals surface area contributed by atoms with Crippen LogP contribution in [-0.2, 0) is 0 Å². The van der Waals surface area contributed by atoms with Gasteiger partial charge in [0.1, 0.15) is 0 Å². The van der Waals surface area contributed by atoms with Crippen LogP contribution in [0.2, 0.25) is 0 Å². The number of hydrogen-bond donors (Lipinski definition) is 3. The first-order valence-electron chi connectivity index (χ1n) is 13.0. The van der Waals surface area contributed by atoms with Gasteiger partial charge in [-0.1, -0.05) is 0 Å². The number of amides is 2. The van der Waals surface area contributed by atoms with Crippen molar-refractivity contribution in [3.8, 4) is 5.69 Å². The highest BCUT2D eigenvalue weighted by molar-refractivity contribution is 6.05. The maximum atomic E-state index is 12.9. The summed E-state index contributed by atoms with van der Waals surface area (Å²) in [6, 6.07) is 22.2. The number of piperidine rings is 1. The minimum absolute atomic E-state index is 0.187. The average molecular weight is 534 g/mol. The Hall–Kier alpha value is -5.09. The van der Waals surface area contributed by atoms with E-state index in [4.69, 9.17) is 0 Å². The Morgan fingerprint density at radius 1 is 0.750 bits per heavy atom. The molecular weight excluding hydrogens is 506 g/mol. The Morgan fingerprint density at radius 2 is 1.43 bits per heavy atom. The van der Waals surface area contributed by atoms with Crippen LogP contribution in [0.15, 0.2) is 91.4 Å². The number of nitrogens with zero attached hydrogens (tertiary/aromatic N) is 5. The molecule has 3 N–H and O–H groups in total. The van der Waals surface area contributed by atoms with Crippen LogP contribution in [0.1, 0.15) is 33.6 Å². The third-order valence-electron chi connectivity index (χ3n) is 7.00. The molecule has 1 fully saturated rings. The lowest BCUT2D eigenvalue weighted by Gasteiger charge is -2.31. The van der Waals surface area contributed by atoms with E-state index in [9.17, 15) is 14.7 Å². The van der Waals surface area contributed by atoms with Crippen LogP contribution in [0.25, 0.3) is 16.6 Å². The van der Waals surface area contributed by atoms with Crippen molar-refractivity contribution in [2.75, 3.05) is 28.6 Å². The summed E-state index contributed by atoms with van der Waals surface area (Å²) in [4.78, 5) is 27.5. The predicted octanol–water partition coefficient (Wildman–Crippen LogP) is 4.28. The predicted molar refractivity (Wildman–Crippen MR) is 153 cm³/mol. The Bertz CT molecular complexity index is 1640. The van der Waals surface area contributed by atoms with Gasteiger partial charge in [0.05, 0.1) is 41.5 Å². The van der Waals surface area contributed by atoms with Crippen LogP contribution >= 0.6 is 0 Å². The van der Waals surface area contributed by atoms with Crippen LogP contribution in [0.5, 0.6) is 0 Å². The standard InChI is InChI=1S/C30H27N7O3/c38-27-12-15-36(16-13-27)25-6-1-20(2-7-25)29(39)35-24-5-10-28-22(17-24)19-33-37(28)26-8-3-23(4-9-26)34-30(40)21-11-14-31-32-18-21/h1-11,14,17-19,27,38H,12-13,15-16H2,(H,34,40)(H,35,39). The zero-order valence-electron chi connectivity index (χ0n) is 21.6. The third-order valence-corrected chi connectivity index (χ3v) is 7.00. The second-order valence-corrected chi connectivity index (χ2v) is 9.68. The number of anilines is 3. The van der Waals surface area contributed by atoms with Crippen molar-refractivity contribution in [3.05, 3.63) is 103 Å². The Kier molecular flexibility index (Phi) is 6.90. The van der Waals surface area contributed by atoms with Crippen molar-refractivity contribution >= 4 is 39.8 Å². The van der Waals surface area contributed by atoms with Gasteiger partial charge in [-0.2, -0.15) is 15.3 Å². The number of aliphatic hydroxyl groups is 1. The number of benzene rings is 3. The first kappa shape index (κ1) is 25.2. The van der Waals surface area contributed by atoms with Gasteiger partial charge in [-0.3, -0.25) is 9.59 Å². The van der Waals surface area contributed by atoms with Gasteiger partial charge in [0.15, 0.2) is 0 Å². The molecule has 0 saturated carbocycles. The van der Waals surface area contributed by atoms with E-state index in [0.717, 1.165) is 48.2 Å². The van der Waals surface area contributed by atoms with Crippen molar-refractivity contribution in [2.24, 2.45) is 0 Å². The molecule has 2 amide bonds. The van der Waals surface area contributed by atoms with E-state index >= 15 is 0 Å². The van der Waals surface area contributed by atoms with Crippen LogP contribution < -0.4 is 15.5 Å². The molecule has 1 aliphatic rings. The quantitative estimate of drug-likeness (QED) is 0.297. The van der Waals surface area contributed by atoms with E-state index in [1.807, 2.05) is 66.7 Å². The van der Waals surface area contributed by atoms with Gasteiger partial charge in [-0.05, 0) is 85.6 Å². The van der Waals surface area contributed by atoms with E-state index in [-0.39, 0.29) is 17.9 Å². The molecule has 0 aliphatic carbocycles. The maximum Gasteiger partial charge on any atom is 0.257 e. The summed E-state index contributed by atoms with van der Waals surface area (Å²) < 4.78 is 1.80. The van der Waals surface area contributed by atoms with Gasteiger partial charge in [0, 0.05) is 41.1 Å². The molecule has 0 unspecified atom stereocenters. The fraction of sp³-hybridized carbons (Fsp3) is 0.167. The summed E-state index contributed by atoms with van der Waals surface area (Å²) in [6.07, 6.45) is 5.93. The molecule has 1 aliphatic heterocycles. The summed E-state index contributed by atoms with van der Waals surface area (Å²) in [5.74, 6) is -0.451. The number of carbonyl (C=O) groups is 2. The summed E-state index contributed by atoms with van der Waals surface area (Å²) in [5, 5.41) is 28.4. The molecule has 0 atom stereocenters. The molecule has 200 valence electrons. The van der Waals surface area contributed by atoms with E-state index < -0.39 is 0 Å². The normalized spacial score (nSPS) is 13.8. The van der Waals surface area contributed by atoms with E-state index in [1.54, 1.807) is 16.9 Å². The smallest absolute Gasteiger partial charge is 0.257 e. The zero-order chi connectivity index (χ0) is 27.5. The monoisotopic (exact) mass is 533 g/mol. The lowest BCUT2D eigenvalue weighted by atomic mass is 10.1. The fourth-order valence-electron chi connectivity index (χ4n) is 4.78. The molecular formula is C30H27N7O3. The Balaban J connectivity index is 1.11. The molecule has 6 rings (SSSR count). The second-order valence-electron chi connectivity index (χ2n) is 9.68. The molecule has 1 saturated heterocycles. The van der Waals surface area contributed by atoms with Gasteiger partial charge >= 0.3 is 0 Å². The van der Waals surface area contributed by atoms with Crippen molar-refractivity contribution in [2.45, 2.75) is 18.9 Å². The molecule has 0 radical (unpaired) electrons. The number of nitrogens with one attached hydrogen (secondary N) is 2. The number of fused-ring (bicyclic) bond motifs is 1. The molecule has 10 nitrogen and oxygen atoms in total. The van der Waals surface area contributed by atoms with Crippen LogP contribution in [0.3, 0.4) is 0 Å². The molecule has 0 bridgehead atoms. The van der Waals surface area contributed by atoms with Crippen molar-refractivity contribution in [1.29, 1.82) is 0 Å². The number of carbonyl (C=O) groups excluding carboxylic acids is 2. The maximum absolute atomic E-state index is 12.9. The lowest BCUT2D eigenvalue weighted by molar-refractivity contribution is 0.101. The van der Waals surface area contributed by atoms with Gasteiger partial charge in [0.25, 0.3) is 11.8 Å². The van der Waals surface area contributed by atoms with Crippen LogP contribution in [0.4, 0.5) is 17.1 Å². The zero-order valence-corrected chi connectivity index (χ0v) is 21.6. The van der Waals surface area contributed by atoms with Gasteiger partial charge < -0.3 is 20.6 Å². The SMILES string of the molecule is O=C(Nc1ccc2c(cnn2-c2ccc(NC(=O)c3ccnnc3)cc2)c1)c1ccc(N2CCC(O)CC2)cc1. The topological polar surface area (TPSA) is 125 Å². The van der Waals surface area contributed by atoms with E-state index in [1.165, 1.54) is 12.4 Å². The highest BCUT2D eigenvalue weighted by atomic mass is 16.3. The fourth-order valence-corrected chi connectivity index (χ4v) is 4.78. The van der Waals surface area contributed by atoms with Gasteiger partial charge in [-0.25, -0.2) is 4.68 Å². The molecule has 3 aromatic carbocycles. The Morgan fingerprint density at radius 3 is 2.15 bits per heavy atom. The van der Waals surface area contributed by atoms with Crippen molar-refractivity contribution < 1.29 is 14.7 Å². The first-order valence-corrected chi connectivity index (χ1v) is 13.0. The van der Waals surface area contributed by atoms with Crippen molar-refractivity contribution in [3.63, 3.8) is 0 Å². The molecule has 3 heterocycles. The molecule has 10 heteroatoms. The largest absolute Gasteiger partial charge is 0.393 e. The van der Waals surface area contributed by atoms with Gasteiger partial charge in [0.2, 0.25) is 0 Å². The lowest BCUT2D eigenvalue weighted by Crippen LogP contribution is -2.35. The van der Waals surface area contributed by atoms with Crippen molar-refractivity contribution in [1.82, 2.24) is 20.0 Å². The average Bonchev–Trinajstić information content (AvgIpc) is 3.42. The molecule has 5 aromatic rings. The summed E-state index contributed by atoms with van der Waals surface area (Å²) in [6.45, 7) is 1.62. The molecule has 0 spiro atoms. The molecule has 2 aromatic heterocycles. The highest BCUT2D eigenvalue weighted by Gasteiger charge is 2.18. The minimum Gasteiger partial charge on any atom is -0.393 e. The summed E-state index contributed by atoms with van der Waals surface area (Å²) in [5.41, 5.74) is 5.09.